The van der Waals surface area contributed by atoms with Gasteiger partial charge in [0.2, 0.25) is 0 Å². The fourth-order valence-electron chi connectivity index (χ4n) is 1.91. The molecule has 0 aliphatic rings. The SMILES string of the molecule is CN(c1ccc(CO)cc1Br)c1ccccc1C#N. The lowest BCUT2D eigenvalue weighted by molar-refractivity contribution is 0.282. The Morgan fingerprint density at radius 1 is 1.21 bits per heavy atom. The van der Waals surface area contributed by atoms with E-state index >= 15 is 0 Å². The van der Waals surface area contributed by atoms with E-state index in [1.165, 1.54) is 0 Å². The van der Waals surface area contributed by atoms with Gasteiger partial charge in [-0.05, 0) is 45.8 Å². The van der Waals surface area contributed by atoms with Crippen molar-refractivity contribution in [2.24, 2.45) is 0 Å². The molecule has 0 aliphatic carbocycles. The van der Waals surface area contributed by atoms with E-state index in [1.807, 2.05) is 48.3 Å². The van der Waals surface area contributed by atoms with E-state index in [0.29, 0.717) is 5.56 Å². The second-order valence-electron chi connectivity index (χ2n) is 4.13. The summed E-state index contributed by atoms with van der Waals surface area (Å²) in [6, 6.07) is 15.3. The first-order chi connectivity index (χ1) is 9.17. The number of nitrogens with zero attached hydrogens (tertiary/aromatic N) is 2. The minimum atomic E-state index is 0.0113. The molecule has 4 heteroatoms. The summed E-state index contributed by atoms with van der Waals surface area (Å²) < 4.78 is 0.884. The van der Waals surface area contributed by atoms with Gasteiger partial charge in [0.1, 0.15) is 6.07 Å². The first-order valence-corrected chi connectivity index (χ1v) is 6.59. The molecular formula is C15H13BrN2O. The van der Waals surface area contributed by atoms with Gasteiger partial charge in [0.25, 0.3) is 0 Å². The minimum Gasteiger partial charge on any atom is -0.392 e. The average molecular weight is 317 g/mol. The first kappa shape index (κ1) is 13.6. The van der Waals surface area contributed by atoms with Gasteiger partial charge < -0.3 is 10.0 Å². The molecule has 96 valence electrons. The molecule has 0 spiro atoms. The van der Waals surface area contributed by atoms with Crippen molar-refractivity contribution >= 4 is 27.3 Å². The predicted molar refractivity (Wildman–Crippen MR) is 79.3 cm³/mol. The van der Waals surface area contributed by atoms with Crippen molar-refractivity contribution in [2.45, 2.75) is 6.61 Å². The third-order valence-electron chi connectivity index (χ3n) is 2.94. The van der Waals surface area contributed by atoms with Crippen LogP contribution in [0, 0.1) is 11.3 Å². The van der Waals surface area contributed by atoms with Crippen LogP contribution in [0.25, 0.3) is 0 Å². The molecule has 0 unspecified atom stereocenters. The molecule has 2 rings (SSSR count). The number of hydrogen-bond donors (Lipinski definition) is 1. The van der Waals surface area contributed by atoms with Crippen molar-refractivity contribution in [1.82, 2.24) is 0 Å². The highest BCUT2D eigenvalue weighted by Gasteiger charge is 2.11. The molecule has 0 heterocycles. The Bertz CT molecular complexity index is 634. The maximum atomic E-state index is 9.14. The average Bonchev–Trinajstić information content (AvgIpc) is 2.46. The minimum absolute atomic E-state index is 0.0113. The van der Waals surface area contributed by atoms with Crippen molar-refractivity contribution in [2.75, 3.05) is 11.9 Å². The van der Waals surface area contributed by atoms with Gasteiger partial charge in [0.05, 0.1) is 23.5 Å². The van der Waals surface area contributed by atoms with Crippen LogP contribution in [-0.2, 0) is 6.61 Å². The molecule has 0 bridgehead atoms. The highest BCUT2D eigenvalue weighted by atomic mass is 79.9. The molecular weight excluding hydrogens is 304 g/mol. The van der Waals surface area contributed by atoms with Crippen LogP contribution in [0.15, 0.2) is 46.9 Å². The summed E-state index contributed by atoms with van der Waals surface area (Å²) >= 11 is 3.50. The summed E-state index contributed by atoms with van der Waals surface area (Å²) in [7, 11) is 1.91. The Hall–Kier alpha value is -1.83. The Labute approximate surface area is 120 Å². The zero-order chi connectivity index (χ0) is 13.8. The fraction of sp³-hybridized carbons (Fsp3) is 0.133. The van der Waals surface area contributed by atoms with E-state index < -0.39 is 0 Å². The van der Waals surface area contributed by atoms with E-state index in [9.17, 15) is 0 Å². The highest BCUT2D eigenvalue weighted by Crippen LogP contribution is 2.33. The topological polar surface area (TPSA) is 47.3 Å². The van der Waals surface area contributed by atoms with Crippen molar-refractivity contribution < 1.29 is 5.11 Å². The molecule has 3 nitrogen and oxygen atoms in total. The van der Waals surface area contributed by atoms with E-state index in [2.05, 4.69) is 22.0 Å². The van der Waals surface area contributed by atoms with Crippen molar-refractivity contribution in [3.8, 4) is 6.07 Å². The van der Waals surface area contributed by atoms with E-state index in [4.69, 9.17) is 10.4 Å². The van der Waals surface area contributed by atoms with Gasteiger partial charge in [-0.2, -0.15) is 5.26 Å². The van der Waals surface area contributed by atoms with Crippen LogP contribution >= 0.6 is 15.9 Å². The maximum Gasteiger partial charge on any atom is 0.101 e. The number of hydrogen-bond acceptors (Lipinski definition) is 3. The summed E-state index contributed by atoms with van der Waals surface area (Å²) in [5, 5.41) is 18.3. The summed E-state index contributed by atoms with van der Waals surface area (Å²) in [6.07, 6.45) is 0. The monoisotopic (exact) mass is 316 g/mol. The molecule has 0 aromatic heterocycles. The molecule has 0 aliphatic heterocycles. The van der Waals surface area contributed by atoms with Gasteiger partial charge in [0, 0.05) is 11.5 Å². The molecule has 2 aromatic rings. The molecule has 0 saturated heterocycles. The summed E-state index contributed by atoms with van der Waals surface area (Å²) in [6.45, 7) is 0.0113. The Morgan fingerprint density at radius 2 is 1.95 bits per heavy atom. The zero-order valence-corrected chi connectivity index (χ0v) is 12.1. The Balaban J connectivity index is 2.45. The van der Waals surface area contributed by atoms with Gasteiger partial charge in [-0.15, -0.1) is 0 Å². The number of halogens is 1. The van der Waals surface area contributed by atoms with Crippen LogP contribution in [0.4, 0.5) is 11.4 Å². The summed E-state index contributed by atoms with van der Waals surface area (Å²) in [5.41, 5.74) is 3.27. The number of aliphatic hydroxyl groups excluding tert-OH is 1. The van der Waals surface area contributed by atoms with E-state index in [-0.39, 0.29) is 6.61 Å². The lowest BCUT2D eigenvalue weighted by atomic mass is 10.1. The predicted octanol–water partition coefficient (Wildman–Crippen LogP) is 3.58. The highest BCUT2D eigenvalue weighted by molar-refractivity contribution is 9.10. The zero-order valence-electron chi connectivity index (χ0n) is 10.5. The number of benzene rings is 2. The van der Waals surface area contributed by atoms with Gasteiger partial charge in [-0.25, -0.2) is 0 Å². The van der Waals surface area contributed by atoms with Crippen LogP contribution in [0.2, 0.25) is 0 Å². The second kappa shape index (κ2) is 5.87. The second-order valence-corrected chi connectivity index (χ2v) is 4.99. The summed E-state index contributed by atoms with van der Waals surface area (Å²) in [4.78, 5) is 1.95. The smallest absolute Gasteiger partial charge is 0.101 e. The van der Waals surface area contributed by atoms with Crippen molar-refractivity contribution in [3.05, 3.63) is 58.1 Å². The quantitative estimate of drug-likeness (QED) is 0.941. The van der Waals surface area contributed by atoms with Crippen molar-refractivity contribution in [3.63, 3.8) is 0 Å². The lowest BCUT2D eigenvalue weighted by Gasteiger charge is -2.22. The molecule has 0 fully saturated rings. The molecule has 1 N–H and O–H groups in total. The first-order valence-electron chi connectivity index (χ1n) is 5.79. The third-order valence-corrected chi connectivity index (χ3v) is 3.58. The Kier molecular flexibility index (Phi) is 4.20. The van der Waals surface area contributed by atoms with Crippen molar-refractivity contribution in [1.29, 1.82) is 5.26 Å². The summed E-state index contributed by atoms with van der Waals surface area (Å²) in [5.74, 6) is 0. The molecule has 0 radical (unpaired) electrons. The van der Waals surface area contributed by atoms with Gasteiger partial charge in [-0.1, -0.05) is 18.2 Å². The fourth-order valence-corrected chi connectivity index (χ4v) is 2.60. The van der Waals surface area contributed by atoms with E-state index in [0.717, 1.165) is 21.4 Å². The van der Waals surface area contributed by atoms with Crippen LogP contribution in [-0.4, -0.2) is 12.2 Å². The van der Waals surface area contributed by atoms with Crippen LogP contribution in [0.3, 0.4) is 0 Å². The van der Waals surface area contributed by atoms with E-state index in [1.54, 1.807) is 6.07 Å². The number of anilines is 2. The Morgan fingerprint density at radius 3 is 2.58 bits per heavy atom. The van der Waals surface area contributed by atoms with Crippen LogP contribution in [0.5, 0.6) is 0 Å². The standard InChI is InChI=1S/C15H13BrN2O/c1-18(14-5-3-2-4-12(14)9-17)15-7-6-11(10-19)8-13(15)16/h2-8,19H,10H2,1H3. The van der Waals surface area contributed by atoms with Crippen LogP contribution in [0.1, 0.15) is 11.1 Å². The molecule has 0 saturated carbocycles. The van der Waals surface area contributed by atoms with Gasteiger partial charge in [-0.3, -0.25) is 0 Å². The number of rotatable bonds is 3. The van der Waals surface area contributed by atoms with Gasteiger partial charge >= 0.3 is 0 Å². The van der Waals surface area contributed by atoms with Crippen LogP contribution < -0.4 is 4.90 Å². The number of para-hydroxylation sites is 1. The molecule has 0 atom stereocenters. The lowest BCUT2D eigenvalue weighted by Crippen LogP contribution is -2.11. The molecule has 2 aromatic carbocycles. The van der Waals surface area contributed by atoms with Gasteiger partial charge in [0.15, 0.2) is 0 Å². The number of nitriles is 1. The number of aliphatic hydroxyl groups is 1. The maximum absolute atomic E-state index is 9.14. The largest absolute Gasteiger partial charge is 0.392 e. The normalized spacial score (nSPS) is 10.0. The molecule has 19 heavy (non-hydrogen) atoms. The third kappa shape index (κ3) is 2.78. The molecule has 0 amide bonds.